The molecule has 0 spiro atoms. The van der Waals surface area contributed by atoms with Crippen LogP contribution in [0.1, 0.15) is 19.3 Å². The molecular weight excluding hydrogens is 442 g/mol. The van der Waals surface area contributed by atoms with Crippen LogP contribution in [0.5, 0.6) is 0 Å². The molecule has 0 aliphatic carbocycles. The Labute approximate surface area is 128 Å². The van der Waals surface area contributed by atoms with E-state index in [2.05, 4.69) is 67.8 Å². The molecular formula is C11H14I2N4. The van der Waals surface area contributed by atoms with Gasteiger partial charge >= 0.3 is 0 Å². The Hall–Kier alpha value is -0.120. The van der Waals surface area contributed by atoms with E-state index in [1.54, 1.807) is 0 Å². The lowest BCUT2D eigenvalue weighted by Crippen LogP contribution is -2.01. The van der Waals surface area contributed by atoms with E-state index in [0.29, 0.717) is 0 Å². The van der Waals surface area contributed by atoms with E-state index < -0.39 is 0 Å². The zero-order valence-electron chi connectivity index (χ0n) is 9.39. The third kappa shape index (κ3) is 4.57. The van der Waals surface area contributed by atoms with Crippen LogP contribution in [-0.2, 0) is 13.1 Å². The first-order chi connectivity index (χ1) is 8.24. The van der Waals surface area contributed by atoms with Crippen LogP contribution in [0.4, 0.5) is 0 Å². The van der Waals surface area contributed by atoms with Crippen molar-refractivity contribution in [1.29, 1.82) is 0 Å². The Balaban J connectivity index is 1.60. The summed E-state index contributed by atoms with van der Waals surface area (Å²) in [5, 5.41) is 8.53. The van der Waals surface area contributed by atoms with Crippen LogP contribution in [-0.4, -0.2) is 19.6 Å². The fourth-order valence-corrected chi connectivity index (χ4v) is 2.54. The fraction of sp³-hybridized carbons (Fsp3) is 0.455. The van der Waals surface area contributed by atoms with Gasteiger partial charge in [0.15, 0.2) is 0 Å². The predicted octanol–water partition coefficient (Wildman–Crippen LogP) is 3.16. The second-order valence-electron chi connectivity index (χ2n) is 3.90. The van der Waals surface area contributed by atoms with Crippen molar-refractivity contribution in [2.75, 3.05) is 0 Å². The highest BCUT2D eigenvalue weighted by Crippen LogP contribution is 2.06. The molecule has 92 valence electrons. The monoisotopic (exact) mass is 456 g/mol. The number of rotatable bonds is 6. The molecule has 0 radical (unpaired) electrons. The lowest BCUT2D eigenvalue weighted by Gasteiger charge is -2.02. The Kier molecular flexibility index (Phi) is 5.26. The van der Waals surface area contributed by atoms with E-state index in [0.717, 1.165) is 13.1 Å². The van der Waals surface area contributed by atoms with Crippen LogP contribution >= 0.6 is 45.2 Å². The molecule has 6 heteroatoms. The topological polar surface area (TPSA) is 35.6 Å². The summed E-state index contributed by atoms with van der Waals surface area (Å²) in [6.07, 6.45) is 11.5. The van der Waals surface area contributed by atoms with Gasteiger partial charge in [-0.2, -0.15) is 10.2 Å². The van der Waals surface area contributed by atoms with Crippen molar-refractivity contribution in [3.05, 3.63) is 31.9 Å². The fourth-order valence-electron chi connectivity index (χ4n) is 1.65. The number of aromatic nitrogens is 4. The van der Waals surface area contributed by atoms with Crippen LogP contribution < -0.4 is 0 Å². The SMILES string of the molecule is Ic1cnn(CCCCCn2cc(I)cn2)c1. The van der Waals surface area contributed by atoms with Gasteiger partial charge in [0, 0.05) is 25.5 Å². The Morgan fingerprint density at radius 3 is 1.65 bits per heavy atom. The molecule has 0 saturated carbocycles. The number of aryl methyl sites for hydroxylation is 2. The van der Waals surface area contributed by atoms with Gasteiger partial charge in [-0.1, -0.05) is 0 Å². The van der Waals surface area contributed by atoms with Crippen LogP contribution in [0.2, 0.25) is 0 Å². The zero-order chi connectivity index (χ0) is 12.1. The van der Waals surface area contributed by atoms with Crippen LogP contribution in [0.3, 0.4) is 0 Å². The minimum absolute atomic E-state index is 1.01. The summed E-state index contributed by atoms with van der Waals surface area (Å²) in [5.74, 6) is 0. The van der Waals surface area contributed by atoms with Crippen molar-refractivity contribution in [3.63, 3.8) is 0 Å². The number of nitrogens with zero attached hydrogens (tertiary/aromatic N) is 4. The summed E-state index contributed by atoms with van der Waals surface area (Å²) in [5.41, 5.74) is 0. The lowest BCUT2D eigenvalue weighted by molar-refractivity contribution is 0.501. The summed E-state index contributed by atoms with van der Waals surface area (Å²) in [6, 6.07) is 0. The van der Waals surface area contributed by atoms with E-state index in [-0.39, 0.29) is 0 Å². The second kappa shape index (κ2) is 6.72. The molecule has 0 saturated heterocycles. The molecule has 0 aliphatic heterocycles. The smallest absolute Gasteiger partial charge is 0.0623 e. The summed E-state index contributed by atoms with van der Waals surface area (Å²) in [6.45, 7) is 2.03. The van der Waals surface area contributed by atoms with Gasteiger partial charge in [0.1, 0.15) is 0 Å². The van der Waals surface area contributed by atoms with Crippen molar-refractivity contribution >= 4 is 45.2 Å². The standard InChI is InChI=1S/C11H14I2N4/c12-10-6-14-16(8-10)4-2-1-3-5-17-9-11(13)7-15-17/h6-9H,1-5H2. The molecule has 0 aromatic carbocycles. The molecule has 0 fully saturated rings. The Morgan fingerprint density at radius 1 is 0.824 bits per heavy atom. The van der Waals surface area contributed by atoms with Gasteiger partial charge in [-0.05, 0) is 64.4 Å². The molecule has 0 unspecified atom stereocenters. The largest absolute Gasteiger partial charge is 0.272 e. The lowest BCUT2D eigenvalue weighted by atomic mass is 10.2. The highest BCUT2D eigenvalue weighted by atomic mass is 127. The molecule has 2 heterocycles. The van der Waals surface area contributed by atoms with Crippen LogP contribution in [0, 0.1) is 7.14 Å². The average molecular weight is 456 g/mol. The number of unbranched alkanes of at least 4 members (excludes halogenated alkanes) is 2. The van der Waals surface area contributed by atoms with Gasteiger partial charge in [-0.25, -0.2) is 0 Å². The Bertz CT molecular complexity index is 421. The molecule has 0 atom stereocenters. The van der Waals surface area contributed by atoms with Crippen molar-refractivity contribution < 1.29 is 0 Å². The van der Waals surface area contributed by atoms with Gasteiger partial charge in [0.2, 0.25) is 0 Å². The molecule has 0 aliphatic rings. The van der Waals surface area contributed by atoms with E-state index in [1.165, 1.54) is 26.4 Å². The summed E-state index contributed by atoms with van der Waals surface area (Å²) in [4.78, 5) is 0. The zero-order valence-corrected chi connectivity index (χ0v) is 13.7. The van der Waals surface area contributed by atoms with Gasteiger partial charge in [-0.15, -0.1) is 0 Å². The molecule has 0 amide bonds. The maximum atomic E-state index is 4.27. The second-order valence-corrected chi connectivity index (χ2v) is 6.40. The van der Waals surface area contributed by atoms with E-state index >= 15 is 0 Å². The third-order valence-electron chi connectivity index (χ3n) is 2.48. The first-order valence-electron chi connectivity index (χ1n) is 5.60. The molecule has 0 bridgehead atoms. The molecule has 2 rings (SSSR count). The minimum Gasteiger partial charge on any atom is -0.272 e. The summed E-state index contributed by atoms with van der Waals surface area (Å²) < 4.78 is 6.43. The highest BCUT2D eigenvalue weighted by Gasteiger charge is 1.97. The van der Waals surface area contributed by atoms with Gasteiger partial charge < -0.3 is 0 Å². The van der Waals surface area contributed by atoms with Gasteiger partial charge in [0.25, 0.3) is 0 Å². The number of halogens is 2. The van der Waals surface area contributed by atoms with Crippen molar-refractivity contribution in [2.45, 2.75) is 32.4 Å². The molecule has 4 nitrogen and oxygen atoms in total. The quantitative estimate of drug-likeness (QED) is 0.495. The average Bonchev–Trinajstić information content (AvgIpc) is 2.88. The number of hydrogen-bond donors (Lipinski definition) is 0. The van der Waals surface area contributed by atoms with Gasteiger partial charge in [0.05, 0.1) is 19.5 Å². The van der Waals surface area contributed by atoms with Crippen LogP contribution in [0.25, 0.3) is 0 Å². The van der Waals surface area contributed by atoms with Crippen molar-refractivity contribution in [1.82, 2.24) is 19.6 Å². The maximum Gasteiger partial charge on any atom is 0.0623 e. The van der Waals surface area contributed by atoms with Gasteiger partial charge in [-0.3, -0.25) is 9.36 Å². The maximum absolute atomic E-state index is 4.27. The third-order valence-corrected chi connectivity index (χ3v) is 3.59. The number of hydrogen-bond acceptors (Lipinski definition) is 2. The summed E-state index contributed by atoms with van der Waals surface area (Å²) >= 11 is 4.57. The van der Waals surface area contributed by atoms with Crippen molar-refractivity contribution in [2.24, 2.45) is 0 Å². The van der Waals surface area contributed by atoms with E-state index in [4.69, 9.17) is 0 Å². The first-order valence-corrected chi connectivity index (χ1v) is 7.76. The Morgan fingerprint density at radius 2 is 1.29 bits per heavy atom. The van der Waals surface area contributed by atoms with E-state index in [1.807, 2.05) is 21.8 Å². The normalized spacial score (nSPS) is 10.9. The van der Waals surface area contributed by atoms with Crippen molar-refractivity contribution in [3.8, 4) is 0 Å². The van der Waals surface area contributed by atoms with Crippen LogP contribution in [0.15, 0.2) is 24.8 Å². The summed E-state index contributed by atoms with van der Waals surface area (Å²) in [7, 11) is 0. The molecule has 2 aromatic rings. The van der Waals surface area contributed by atoms with E-state index in [9.17, 15) is 0 Å². The molecule has 17 heavy (non-hydrogen) atoms. The minimum atomic E-state index is 1.01. The molecule has 2 aromatic heterocycles. The molecule has 0 N–H and O–H groups in total. The highest BCUT2D eigenvalue weighted by molar-refractivity contribution is 14.1. The first kappa shape index (κ1) is 13.3. The predicted molar refractivity (Wildman–Crippen MR) is 83.7 cm³/mol.